The van der Waals surface area contributed by atoms with E-state index in [4.69, 9.17) is 14.2 Å². The fourth-order valence-corrected chi connectivity index (χ4v) is 3.56. The van der Waals surface area contributed by atoms with E-state index in [-0.39, 0.29) is 18.2 Å². The first kappa shape index (κ1) is 18.8. The van der Waals surface area contributed by atoms with E-state index in [9.17, 15) is 4.39 Å². The molecule has 2 aromatic rings. The standard InChI is InChI=1S/C20H22FNO3.ClH/c21-16-3-1-14(2-4-16)18-7-8-22-12-15(18)13-25-17-5-6-19-20(11-17)24-10-9-23-19;/h1-6,11,15,18,22H,7-10,12-13H2;1H/t15-,18-;/m0./s1. The summed E-state index contributed by atoms with van der Waals surface area (Å²) in [5.41, 5.74) is 1.18. The van der Waals surface area contributed by atoms with Crippen LogP contribution in [-0.4, -0.2) is 32.9 Å². The van der Waals surface area contributed by atoms with Crippen LogP contribution in [0.4, 0.5) is 4.39 Å². The van der Waals surface area contributed by atoms with Crippen LogP contribution in [0.25, 0.3) is 0 Å². The van der Waals surface area contributed by atoms with Crippen LogP contribution in [0.2, 0.25) is 0 Å². The van der Waals surface area contributed by atoms with Gasteiger partial charge in [0.1, 0.15) is 24.8 Å². The van der Waals surface area contributed by atoms with Crippen molar-refractivity contribution in [3.05, 3.63) is 53.8 Å². The van der Waals surface area contributed by atoms with Crippen molar-refractivity contribution in [3.63, 3.8) is 0 Å². The van der Waals surface area contributed by atoms with Crippen LogP contribution in [-0.2, 0) is 0 Å². The number of hydrogen-bond acceptors (Lipinski definition) is 4. The van der Waals surface area contributed by atoms with Crippen molar-refractivity contribution in [2.75, 3.05) is 32.9 Å². The highest BCUT2D eigenvalue weighted by Crippen LogP contribution is 2.35. The van der Waals surface area contributed by atoms with E-state index < -0.39 is 0 Å². The molecule has 0 bridgehead atoms. The Morgan fingerprint density at radius 2 is 1.81 bits per heavy atom. The van der Waals surface area contributed by atoms with Gasteiger partial charge >= 0.3 is 0 Å². The fourth-order valence-electron chi connectivity index (χ4n) is 3.56. The van der Waals surface area contributed by atoms with Crippen molar-refractivity contribution in [2.45, 2.75) is 12.3 Å². The Morgan fingerprint density at radius 3 is 2.62 bits per heavy atom. The molecule has 4 rings (SSSR count). The SMILES string of the molecule is Cl.Fc1ccc([C@@H]2CCNC[C@H]2COc2ccc3c(c2)OCCO3)cc1. The zero-order valence-electron chi connectivity index (χ0n) is 14.4. The van der Waals surface area contributed by atoms with Crippen molar-refractivity contribution in [3.8, 4) is 17.2 Å². The summed E-state index contributed by atoms with van der Waals surface area (Å²) in [4.78, 5) is 0. The number of rotatable bonds is 4. The van der Waals surface area contributed by atoms with Crippen molar-refractivity contribution in [1.29, 1.82) is 0 Å². The van der Waals surface area contributed by atoms with Gasteiger partial charge in [0.15, 0.2) is 11.5 Å². The third-order valence-corrected chi connectivity index (χ3v) is 4.88. The Balaban J connectivity index is 0.00000196. The van der Waals surface area contributed by atoms with Crippen molar-refractivity contribution < 1.29 is 18.6 Å². The molecule has 0 saturated carbocycles. The summed E-state index contributed by atoms with van der Waals surface area (Å²) in [6.45, 7) is 3.62. The molecule has 0 aliphatic carbocycles. The average molecular weight is 380 g/mol. The zero-order valence-corrected chi connectivity index (χ0v) is 15.3. The summed E-state index contributed by atoms with van der Waals surface area (Å²) in [6.07, 6.45) is 1.03. The zero-order chi connectivity index (χ0) is 17.1. The van der Waals surface area contributed by atoms with E-state index in [0.29, 0.717) is 31.7 Å². The lowest BCUT2D eigenvalue weighted by atomic mass is 9.81. The first-order chi connectivity index (χ1) is 12.3. The van der Waals surface area contributed by atoms with E-state index in [0.717, 1.165) is 36.8 Å². The summed E-state index contributed by atoms with van der Waals surface area (Å²) < 4.78 is 30.4. The van der Waals surface area contributed by atoms with Crippen LogP contribution in [0.15, 0.2) is 42.5 Å². The first-order valence-electron chi connectivity index (χ1n) is 8.78. The highest BCUT2D eigenvalue weighted by molar-refractivity contribution is 5.85. The highest BCUT2D eigenvalue weighted by atomic mass is 35.5. The number of nitrogens with one attached hydrogen (secondary N) is 1. The maximum atomic E-state index is 13.2. The minimum absolute atomic E-state index is 0. The fraction of sp³-hybridized carbons (Fsp3) is 0.400. The average Bonchev–Trinajstić information content (AvgIpc) is 2.67. The number of halogens is 2. The molecule has 0 amide bonds. The van der Waals surface area contributed by atoms with Crippen LogP contribution >= 0.6 is 12.4 Å². The molecular weight excluding hydrogens is 357 g/mol. The largest absolute Gasteiger partial charge is 0.493 e. The molecule has 1 fully saturated rings. The van der Waals surface area contributed by atoms with E-state index in [1.807, 2.05) is 30.3 Å². The topological polar surface area (TPSA) is 39.7 Å². The molecule has 0 radical (unpaired) electrons. The van der Waals surface area contributed by atoms with E-state index >= 15 is 0 Å². The number of benzene rings is 2. The Bertz CT molecular complexity index is 725. The Kier molecular flexibility index (Phi) is 6.22. The van der Waals surface area contributed by atoms with Crippen molar-refractivity contribution >= 4 is 12.4 Å². The van der Waals surface area contributed by atoms with Crippen LogP contribution < -0.4 is 19.5 Å². The molecule has 2 aromatic carbocycles. The van der Waals surface area contributed by atoms with Gasteiger partial charge in [-0.05, 0) is 48.7 Å². The van der Waals surface area contributed by atoms with Gasteiger partial charge in [-0.1, -0.05) is 12.1 Å². The molecule has 2 heterocycles. The van der Waals surface area contributed by atoms with Gasteiger partial charge in [-0.15, -0.1) is 12.4 Å². The number of fused-ring (bicyclic) bond motifs is 1. The minimum atomic E-state index is -0.193. The van der Waals surface area contributed by atoms with Gasteiger partial charge in [0.25, 0.3) is 0 Å². The molecule has 2 aliphatic heterocycles. The quantitative estimate of drug-likeness (QED) is 0.877. The van der Waals surface area contributed by atoms with Crippen LogP contribution in [0, 0.1) is 11.7 Å². The lowest BCUT2D eigenvalue weighted by Gasteiger charge is -2.32. The molecule has 26 heavy (non-hydrogen) atoms. The lowest BCUT2D eigenvalue weighted by Crippen LogP contribution is -2.38. The monoisotopic (exact) mass is 379 g/mol. The molecule has 0 spiro atoms. The molecule has 2 atom stereocenters. The van der Waals surface area contributed by atoms with Gasteiger partial charge in [0, 0.05) is 18.5 Å². The summed E-state index contributed by atoms with van der Waals surface area (Å²) in [6, 6.07) is 12.5. The highest BCUT2D eigenvalue weighted by Gasteiger charge is 2.27. The number of hydrogen-bond donors (Lipinski definition) is 1. The molecule has 0 unspecified atom stereocenters. The normalized spacial score (nSPS) is 21.6. The predicted octanol–water partition coefficient (Wildman–Crippen LogP) is 3.79. The molecule has 6 heteroatoms. The maximum Gasteiger partial charge on any atom is 0.165 e. The molecule has 140 valence electrons. The van der Waals surface area contributed by atoms with Gasteiger partial charge in [0.2, 0.25) is 0 Å². The number of piperidine rings is 1. The van der Waals surface area contributed by atoms with E-state index in [1.54, 1.807) is 0 Å². The smallest absolute Gasteiger partial charge is 0.165 e. The molecule has 1 saturated heterocycles. The van der Waals surface area contributed by atoms with E-state index in [1.165, 1.54) is 17.7 Å². The minimum Gasteiger partial charge on any atom is -0.493 e. The second-order valence-electron chi connectivity index (χ2n) is 6.53. The van der Waals surface area contributed by atoms with Gasteiger partial charge in [-0.3, -0.25) is 0 Å². The molecule has 0 aromatic heterocycles. The predicted molar refractivity (Wildman–Crippen MR) is 100 cm³/mol. The number of ether oxygens (including phenoxy) is 3. The van der Waals surface area contributed by atoms with Crippen molar-refractivity contribution in [2.24, 2.45) is 5.92 Å². The molecule has 2 aliphatic rings. The van der Waals surface area contributed by atoms with Crippen LogP contribution in [0.5, 0.6) is 17.2 Å². The van der Waals surface area contributed by atoms with Gasteiger partial charge < -0.3 is 19.5 Å². The Morgan fingerprint density at radius 1 is 1.04 bits per heavy atom. The van der Waals surface area contributed by atoms with Gasteiger partial charge in [0.05, 0.1) is 6.61 Å². The first-order valence-corrected chi connectivity index (χ1v) is 8.78. The van der Waals surface area contributed by atoms with Gasteiger partial charge in [-0.25, -0.2) is 4.39 Å². The lowest BCUT2D eigenvalue weighted by molar-refractivity contribution is 0.168. The van der Waals surface area contributed by atoms with Crippen LogP contribution in [0.1, 0.15) is 17.9 Å². The second-order valence-corrected chi connectivity index (χ2v) is 6.53. The summed E-state index contributed by atoms with van der Waals surface area (Å²) in [5.74, 6) is 2.81. The van der Waals surface area contributed by atoms with Gasteiger partial charge in [-0.2, -0.15) is 0 Å². The summed E-state index contributed by atoms with van der Waals surface area (Å²) >= 11 is 0. The third kappa shape index (κ3) is 4.22. The van der Waals surface area contributed by atoms with Crippen molar-refractivity contribution in [1.82, 2.24) is 5.32 Å². The summed E-state index contributed by atoms with van der Waals surface area (Å²) in [5, 5.41) is 3.43. The maximum absolute atomic E-state index is 13.2. The second kappa shape index (κ2) is 8.60. The molecular formula is C20H23ClFNO3. The Labute approximate surface area is 159 Å². The summed E-state index contributed by atoms with van der Waals surface area (Å²) in [7, 11) is 0. The molecule has 4 nitrogen and oxygen atoms in total. The van der Waals surface area contributed by atoms with Crippen LogP contribution in [0.3, 0.4) is 0 Å². The molecule has 1 N–H and O–H groups in total. The third-order valence-electron chi connectivity index (χ3n) is 4.88. The Hall–Kier alpha value is -1.98. The van der Waals surface area contributed by atoms with E-state index in [2.05, 4.69) is 5.32 Å².